The number of hydrogen-bond donors (Lipinski definition) is 1. The average Bonchev–Trinajstić information content (AvgIpc) is 2.57. The van der Waals surface area contributed by atoms with Gasteiger partial charge in [-0.3, -0.25) is 14.5 Å². The number of nitrogens with zero attached hydrogens (tertiary/aromatic N) is 4. The zero-order valence-electron chi connectivity index (χ0n) is 16.2. The molecule has 1 amide bonds. The van der Waals surface area contributed by atoms with Gasteiger partial charge in [0, 0.05) is 41.6 Å². The van der Waals surface area contributed by atoms with Crippen LogP contribution < -0.4 is 10.2 Å². The normalized spacial score (nSPS) is 14.2. The van der Waals surface area contributed by atoms with Gasteiger partial charge in [-0.05, 0) is 40.0 Å². The number of nitrogens with one attached hydrogen (secondary N) is 1. The summed E-state index contributed by atoms with van der Waals surface area (Å²) in [5.74, 6) is 0.858. The number of rotatable bonds is 6. The smallest absolute Gasteiger partial charge is 0.238 e. The van der Waals surface area contributed by atoms with Gasteiger partial charge < -0.3 is 10.2 Å². The molecule has 0 aliphatic carbocycles. The van der Waals surface area contributed by atoms with Crippen molar-refractivity contribution in [3.8, 4) is 0 Å². The number of ketones is 1. The molecule has 142 valence electrons. The van der Waals surface area contributed by atoms with Gasteiger partial charge in [0.25, 0.3) is 0 Å². The molecule has 1 aromatic carbocycles. The minimum Gasteiger partial charge on any atom is -0.353 e. The largest absolute Gasteiger partial charge is 0.353 e. The van der Waals surface area contributed by atoms with Crippen molar-refractivity contribution in [1.82, 2.24) is 14.9 Å². The van der Waals surface area contributed by atoms with E-state index in [4.69, 9.17) is 0 Å². The van der Waals surface area contributed by atoms with E-state index in [2.05, 4.69) is 20.2 Å². The molecule has 0 radical (unpaired) electrons. The van der Waals surface area contributed by atoms with Gasteiger partial charge in [-0.15, -0.1) is 0 Å². The zero-order chi connectivity index (χ0) is 19.6. The molecule has 1 aliphatic heterocycles. The molecule has 3 rings (SSSR count). The highest BCUT2D eigenvalue weighted by Gasteiger charge is 2.32. The van der Waals surface area contributed by atoms with Crippen molar-refractivity contribution in [2.45, 2.75) is 26.8 Å². The first-order chi connectivity index (χ1) is 12.8. The van der Waals surface area contributed by atoms with Gasteiger partial charge in [0.05, 0.1) is 6.54 Å². The molecule has 1 fully saturated rings. The summed E-state index contributed by atoms with van der Waals surface area (Å²) in [5.41, 5.74) is 3.32. The molecule has 0 atom stereocenters. The third-order valence-electron chi connectivity index (χ3n) is 5.04. The van der Waals surface area contributed by atoms with E-state index in [0.29, 0.717) is 23.8 Å². The van der Waals surface area contributed by atoms with E-state index in [9.17, 15) is 9.59 Å². The molecule has 1 aliphatic rings. The Hall–Kier alpha value is -2.80. The van der Waals surface area contributed by atoms with E-state index >= 15 is 0 Å². The molecule has 1 saturated heterocycles. The summed E-state index contributed by atoms with van der Waals surface area (Å²) in [6.07, 6.45) is 1.59. The average molecular weight is 367 g/mol. The van der Waals surface area contributed by atoms with Crippen LogP contribution in [0.25, 0.3) is 0 Å². The number of benzene rings is 1. The summed E-state index contributed by atoms with van der Waals surface area (Å²) in [7, 11) is 1.95. The maximum absolute atomic E-state index is 12.3. The standard InChI is InChI=1S/C20H25N5O2/c1-13-14(2)21-12-22-20(13)25-9-18(10-25)24(4)11-19(27)23-17-7-5-6-16(8-17)15(3)26/h5-8,12,18H,9-11H2,1-4H3,(H,23,27). The number of hydrogen-bond acceptors (Lipinski definition) is 6. The van der Waals surface area contributed by atoms with Gasteiger partial charge in [0.2, 0.25) is 5.91 Å². The lowest BCUT2D eigenvalue weighted by atomic mass is 10.1. The number of carbonyl (C=O) groups excluding carboxylic acids is 2. The molecular weight excluding hydrogens is 342 g/mol. The van der Waals surface area contributed by atoms with Crippen molar-refractivity contribution in [3.63, 3.8) is 0 Å². The topological polar surface area (TPSA) is 78.4 Å². The molecule has 2 aromatic rings. The van der Waals surface area contributed by atoms with Crippen LogP contribution in [-0.2, 0) is 4.79 Å². The van der Waals surface area contributed by atoms with Gasteiger partial charge >= 0.3 is 0 Å². The van der Waals surface area contributed by atoms with Crippen LogP contribution in [0.15, 0.2) is 30.6 Å². The molecule has 1 N–H and O–H groups in total. The van der Waals surface area contributed by atoms with Crippen LogP contribution in [0.4, 0.5) is 11.5 Å². The predicted octanol–water partition coefficient (Wildman–Crippen LogP) is 2.06. The van der Waals surface area contributed by atoms with Crippen molar-refractivity contribution in [3.05, 3.63) is 47.4 Å². The fraction of sp³-hybridized carbons (Fsp3) is 0.400. The van der Waals surface area contributed by atoms with Crippen LogP contribution in [0, 0.1) is 13.8 Å². The van der Waals surface area contributed by atoms with E-state index < -0.39 is 0 Å². The van der Waals surface area contributed by atoms with Crippen molar-refractivity contribution in [1.29, 1.82) is 0 Å². The Bertz CT molecular complexity index is 861. The Morgan fingerprint density at radius 1 is 1.26 bits per heavy atom. The van der Waals surface area contributed by atoms with E-state index in [1.807, 2.05) is 25.8 Å². The van der Waals surface area contributed by atoms with E-state index in [0.717, 1.165) is 30.2 Å². The maximum Gasteiger partial charge on any atom is 0.238 e. The van der Waals surface area contributed by atoms with Crippen LogP contribution in [0.3, 0.4) is 0 Å². The summed E-state index contributed by atoms with van der Waals surface area (Å²) < 4.78 is 0. The van der Waals surface area contributed by atoms with Gasteiger partial charge in [-0.1, -0.05) is 12.1 Å². The molecule has 0 spiro atoms. The third-order valence-corrected chi connectivity index (χ3v) is 5.04. The molecular formula is C20H25N5O2. The molecule has 0 unspecified atom stereocenters. The number of carbonyl (C=O) groups is 2. The SMILES string of the molecule is CC(=O)c1cccc(NC(=O)CN(C)C2CN(c3ncnc(C)c3C)C2)c1. The lowest BCUT2D eigenvalue weighted by Crippen LogP contribution is -2.60. The zero-order valence-corrected chi connectivity index (χ0v) is 16.2. The summed E-state index contributed by atoms with van der Waals surface area (Å²) in [6, 6.07) is 7.30. The highest BCUT2D eigenvalue weighted by molar-refractivity contribution is 5.97. The van der Waals surface area contributed by atoms with Crippen LogP contribution in [-0.4, -0.2) is 59.3 Å². The highest BCUT2D eigenvalue weighted by Crippen LogP contribution is 2.25. The first-order valence-corrected chi connectivity index (χ1v) is 8.99. The number of Topliss-reactive ketones (excluding diaryl/α,β-unsaturated/α-hetero) is 1. The first kappa shape index (κ1) is 19.0. The van der Waals surface area contributed by atoms with E-state index in [1.165, 1.54) is 6.92 Å². The number of aromatic nitrogens is 2. The van der Waals surface area contributed by atoms with Gasteiger partial charge in [0.1, 0.15) is 12.1 Å². The first-order valence-electron chi connectivity index (χ1n) is 8.99. The molecule has 1 aromatic heterocycles. The van der Waals surface area contributed by atoms with Crippen LogP contribution in [0.2, 0.25) is 0 Å². The highest BCUT2D eigenvalue weighted by atomic mass is 16.2. The fourth-order valence-electron chi connectivity index (χ4n) is 3.12. The lowest BCUT2D eigenvalue weighted by Gasteiger charge is -2.45. The van der Waals surface area contributed by atoms with Crippen molar-refractivity contribution < 1.29 is 9.59 Å². The number of anilines is 2. The summed E-state index contributed by atoms with van der Waals surface area (Å²) in [6.45, 7) is 7.49. The minimum atomic E-state index is -0.0919. The van der Waals surface area contributed by atoms with E-state index in [1.54, 1.807) is 30.6 Å². The minimum absolute atomic E-state index is 0.0203. The third kappa shape index (κ3) is 4.31. The van der Waals surface area contributed by atoms with Crippen molar-refractivity contribution >= 4 is 23.2 Å². The van der Waals surface area contributed by atoms with Crippen molar-refractivity contribution in [2.75, 3.05) is 36.9 Å². The van der Waals surface area contributed by atoms with Gasteiger partial charge in [-0.25, -0.2) is 9.97 Å². The monoisotopic (exact) mass is 367 g/mol. The second-order valence-corrected chi connectivity index (χ2v) is 7.07. The molecule has 7 nitrogen and oxygen atoms in total. The van der Waals surface area contributed by atoms with Crippen molar-refractivity contribution in [2.24, 2.45) is 0 Å². The quantitative estimate of drug-likeness (QED) is 0.788. The van der Waals surface area contributed by atoms with Crippen LogP contribution in [0.5, 0.6) is 0 Å². The van der Waals surface area contributed by atoms with Crippen LogP contribution in [0.1, 0.15) is 28.5 Å². The Morgan fingerprint density at radius 2 is 2.00 bits per heavy atom. The Morgan fingerprint density at radius 3 is 2.70 bits per heavy atom. The molecule has 0 saturated carbocycles. The molecule has 0 bridgehead atoms. The van der Waals surface area contributed by atoms with Crippen LogP contribution >= 0.6 is 0 Å². The summed E-state index contributed by atoms with van der Waals surface area (Å²) >= 11 is 0. The second kappa shape index (κ2) is 7.84. The number of aryl methyl sites for hydroxylation is 1. The lowest BCUT2D eigenvalue weighted by molar-refractivity contribution is -0.117. The number of amides is 1. The number of likely N-dealkylation sites (N-methyl/N-ethyl adjacent to an activating group) is 1. The predicted molar refractivity (Wildman–Crippen MR) is 105 cm³/mol. The molecule has 27 heavy (non-hydrogen) atoms. The summed E-state index contributed by atoms with van der Waals surface area (Å²) in [5, 5.41) is 2.86. The van der Waals surface area contributed by atoms with Gasteiger partial charge in [0.15, 0.2) is 5.78 Å². The maximum atomic E-state index is 12.3. The summed E-state index contributed by atoms with van der Waals surface area (Å²) in [4.78, 5) is 36.6. The molecule has 7 heteroatoms. The van der Waals surface area contributed by atoms with E-state index in [-0.39, 0.29) is 11.7 Å². The Kier molecular flexibility index (Phi) is 5.51. The Balaban J connectivity index is 1.52. The molecule has 2 heterocycles. The van der Waals surface area contributed by atoms with Gasteiger partial charge in [-0.2, -0.15) is 0 Å². The fourth-order valence-corrected chi connectivity index (χ4v) is 3.12. The second-order valence-electron chi connectivity index (χ2n) is 7.07. The Labute approximate surface area is 159 Å².